The number of rotatable bonds is 7. The van der Waals surface area contributed by atoms with Gasteiger partial charge in [0.1, 0.15) is 6.04 Å². The van der Waals surface area contributed by atoms with Gasteiger partial charge in [0.05, 0.1) is 0 Å². The number of aromatic nitrogens is 2. The molecule has 0 aliphatic heterocycles. The van der Waals surface area contributed by atoms with E-state index in [9.17, 15) is 9.59 Å². The second-order valence-corrected chi connectivity index (χ2v) is 5.67. The summed E-state index contributed by atoms with van der Waals surface area (Å²) in [6.45, 7) is 3.67. The van der Waals surface area contributed by atoms with E-state index in [1.54, 1.807) is 0 Å². The number of hydrogen-bond acceptors (Lipinski definition) is 6. The topological polar surface area (TPSA) is 120 Å². The first-order valence-electron chi connectivity index (χ1n) is 7.56. The molecule has 3 N–H and O–H groups in total. The number of hydrogen-bond donors (Lipinski definition) is 2. The molecular formula is C16H20N4O4. The van der Waals surface area contributed by atoms with Gasteiger partial charge >= 0.3 is 12.0 Å². The summed E-state index contributed by atoms with van der Waals surface area (Å²) < 4.78 is 10.6. The smallest absolute Gasteiger partial charge is 0.329 e. The Kier molecular flexibility index (Phi) is 5.89. The second kappa shape index (κ2) is 8.09. The zero-order valence-corrected chi connectivity index (χ0v) is 13.6. The average Bonchev–Trinajstić information content (AvgIpc) is 3.01. The lowest BCUT2D eigenvalue weighted by molar-refractivity contribution is -0.148. The van der Waals surface area contributed by atoms with E-state index < -0.39 is 18.0 Å². The Morgan fingerprint density at radius 2 is 1.96 bits per heavy atom. The maximum Gasteiger partial charge on any atom is 0.329 e. The fourth-order valence-corrected chi connectivity index (χ4v) is 2.10. The molecule has 128 valence electrons. The van der Waals surface area contributed by atoms with Crippen LogP contribution in [0.15, 0.2) is 34.7 Å². The van der Waals surface area contributed by atoms with E-state index in [2.05, 4.69) is 15.5 Å². The van der Waals surface area contributed by atoms with E-state index in [4.69, 9.17) is 14.9 Å². The van der Waals surface area contributed by atoms with E-state index in [0.29, 0.717) is 12.3 Å². The Morgan fingerprint density at radius 3 is 2.58 bits per heavy atom. The molecule has 2 amide bonds. The van der Waals surface area contributed by atoms with Crippen LogP contribution < -0.4 is 11.1 Å². The molecule has 1 aromatic heterocycles. The average molecular weight is 332 g/mol. The summed E-state index contributed by atoms with van der Waals surface area (Å²) in [5.41, 5.74) is 5.86. The summed E-state index contributed by atoms with van der Waals surface area (Å²) in [4.78, 5) is 23.1. The van der Waals surface area contributed by atoms with Crippen molar-refractivity contribution in [3.8, 4) is 11.5 Å². The second-order valence-electron chi connectivity index (χ2n) is 5.67. The monoisotopic (exact) mass is 332 g/mol. The molecule has 0 unspecified atom stereocenters. The summed E-state index contributed by atoms with van der Waals surface area (Å²) in [5, 5.41) is 10.1. The third-order valence-electron chi connectivity index (χ3n) is 3.13. The van der Waals surface area contributed by atoms with Gasteiger partial charge in [0, 0.05) is 5.56 Å². The lowest BCUT2D eigenvalue weighted by atomic mass is 10.0. The fourth-order valence-electron chi connectivity index (χ4n) is 2.10. The Hall–Kier alpha value is -2.90. The van der Waals surface area contributed by atoms with Crippen molar-refractivity contribution in [3.05, 3.63) is 36.2 Å². The zero-order chi connectivity index (χ0) is 17.5. The largest absolute Gasteiger partial charge is 0.454 e. The molecule has 8 nitrogen and oxygen atoms in total. The molecule has 2 rings (SSSR count). The quantitative estimate of drug-likeness (QED) is 0.747. The van der Waals surface area contributed by atoms with Gasteiger partial charge in [-0.15, -0.1) is 10.2 Å². The first-order valence-corrected chi connectivity index (χ1v) is 7.56. The summed E-state index contributed by atoms with van der Waals surface area (Å²) in [6, 6.07) is 7.66. The van der Waals surface area contributed by atoms with Crippen molar-refractivity contribution >= 4 is 12.0 Å². The predicted octanol–water partition coefficient (Wildman–Crippen LogP) is 1.86. The number of carbonyl (C=O) groups is 2. The van der Waals surface area contributed by atoms with Crippen molar-refractivity contribution in [2.75, 3.05) is 0 Å². The van der Waals surface area contributed by atoms with Crippen LogP contribution in [0.3, 0.4) is 0 Å². The van der Waals surface area contributed by atoms with E-state index >= 15 is 0 Å². The lowest BCUT2D eigenvalue weighted by Crippen LogP contribution is -2.45. The maximum absolute atomic E-state index is 12.1. The van der Waals surface area contributed by atoms with Crippen molar-refractivity contribution in [1.82, 2.24) is 15.5 Å². The van der Waals surface area contributed by atoms with Gasteiger partial charge in [-0.3, -0.25) is 0 Å². The highest BCUT2D eigenvalue weighted by Crippen LogP contribution is 2.17. The number of carbonyl (C=O) groups excluding carboxylic acids is 2. The summed E-state index contributed by atoms with van der Waals surface area (Å²) in [6.07, 6.45) is 0.418. The predicted molar refractivity (Wildman–Crippen MR) is 85.5 cm³/mol. The lowest BCUT2D eigenvalue weighted by Gasteiger charge is -2.17. The van der Waals surface area contributed by atoms with Gasteiger partial charge in [-0.05, 0) is 24.5 Å². The third-order valence-corrected chi connectivity index (χ3v) is 3.13. The minimum atomic E-state index is -0.806. The van der Waals surface area contributed by atoms with Crippen molar-refractivity contribution in [2.45, 2.75) is 32.9 Å². The van der Waals surface area contributed by atoms with Gasteiger partial charge in [-0.2, -0.15) is 0 Å². The SMILES string of the molecule is CC(C)C[C@@H](NC(N)=O)C(=O)OCc1nnc(-c2ccccc2)o1. The number of benzene rings is 1. The van der Waals surface area contributed by atoms with E-state index in [0.717, 1.165) is 5.56 Å². The number of nitrogens with zero attached hydrogens (tertiary/aromatic N) is 2. The molecule has 1 aromatic carbocycles. The van der Waals surface area contributed by atoms with E-state index in [1.807, 2.05) is 44.2 Å². The molecule has 8 heteroatoms. The number of primary amides is 1. The minimum absolute atomic E-state index is 0.171. The Morgan fingerprint density at radius 1 is 1.25 bits per heavy atom. The van der Waals surface area contributed by atoms with E-state index in [1.165, 1.54) is 0 Å². The van der Waals surface area contributed by atoms with Gasteiger partial charge in [-0.25, -0.2) is 9.59 Å². The zero-order valence-electron chi connectivity index (χ0n) is 13.6. The molecule has 2 aromatic rings. The van der Waals surface area contributed by atoms with Crippen molar-refractivity contribution < 1.29 is 18.7 Å². The highest BCUT2D eigenvalue weighted by Gasteiger charge is 2.23. The number of urea groups is 1. The summed E-state index contributed by atoms with van der Waals surface area (Å²) >= 11 is 0. The molecule has 0 spiro atoms. The van der Waals surface area contributed by atoms with Crippen molar-refractivity contribution in [2.24, 2.45) is 11.7 Å². The number of nitrogens with two attached hydrogens (primary N) is 1. The Labute approximate surface area is 139 Å². The van der Waals surface area contributed by atoms with Crippen LogP contribution in [0, 0.1) is 5.92 Å². The number of ether oxygens (including phenoxy) is 1. The van der Waals surface area contributed by atoms with Crippen LogP contribution in [-0.2, 0) is 16.1 Å². The molecule has 0 saturated heterocycles. The number of amides is 2. The van der Waals surface area contributed by atoms with Crippen LogP contribution in [0.25, 0.3) is 11.5 Å². The van der Waals surface area contributed by atoms with Crippen LogP contribution in [0.5, 0.6) is 0 Å². The van der Waals surface area contributed by atoms with Crippen molar-refractivity contribution in [3.63, 3.8) is 0 Å². The molecule has 0 aliphatic rings. The molecule has 1 atom stereocenters. The standard InChI is InChI=1S/C16H20N4O4/c1-10(2)8-12(18-16(17)22)15(21)23-9-13-19-20-14(24-13)11-6-4-3-5-7-11/h3-7,10,12H,8-9H2,1-2H3,(H3,17,18,22)/t12-/m1/s1. The normalized spacial score (nSPS) is 12.0. The van der Waals surface area contributed by atoms with E-state index in [-0.39, 0.29) is 18.4 Å². The third kappa shape index (κ3) is 5.08. The first kappa shape index (κ1) is 17.5. The summed E-state index contributed by atoms with van der Waals surface area (Å²) in [5.74, 6) is 0.102. The first-order chi connectivity index (χ1) is 11.5. The summed E-state index contributed by atoms with van der Waals surface area (Å²) in [7, 11) is 0. The number of nitrogens with one attached hydrogen (secondary N) is 1. The van der Waals surface area contributed by atoms with Gasteiger partial charge < -0.3 is 20.2 Å². The van der Waals surface area contributed by atoms with Crippen LogP contribution in [-0.4, -0.2) is 28.2 Å². The highest BCUT2D eigenvalue weighted by molar-refractivity contribution is 5.82. The van der Waals surface area contributed by atoms with Crippen molar-refractivity contribution in [1.29, 1.82) is 0 Å². The molecule has 0 bridgehead atoms. The Balaban J connectivity index is 1.95. The van der Waals surface area contributed by atoms with Gasteiger partial charge in [0.15, 0.2) is 6.61 Å². The molecule has 0 fully saturated rings. The maximum atomic E-state index is 12.1. The highest BCUT2D eigenvalue weighted by atomic mass is 16.5. The molecule has 0 aliphatic carbocycles. The molecule has 1 heterocycles. The molecule has 0 radical (unpaired) electrons. The molecule has 0 saturated carbocycles. The Bertz CT molecular complexity index is 684. The van der Waals surface area contributed by atoms with Gasteiger partial charge in [0.2, 0.25) is 5.89 Å². The molecular weight excluding hydrogens is 312 g/mol. The number of esters is 1. The fraction of sp³-hybridized carbons (Fsp3) is 0.375. The van der Waals surface area contributed by atoms with Crippen LogP contribution >= 0.6 is 0 Å². The van der Waals surface area contributed by atoms with Crippen LogP contribution in [0.1, 0.15) is 26.2 Å². The molecule has 24 heavy (non-hydrogen) atoms. The van der Waals surface area contributed by atoms with Crippen LogP contribution in [0.2, 0.25) is 0 Å². The minimum Gasteiger partial charge on any atom is -0.454 e. The van der Waals surface area contributed by atoms with Crippen LogP contribution in [0.4, 0.5) is 4.79 Å². The van der Waals surface area contributed by atoms with Gasteiger partial charge in [-0.1, -0.05) is 32.0 Å². The van der Waals surface area contributed by atoms with Gasteiger partial charge in [0.25, 0.3) is 5.89 Å².